The van der Waals surface area contributed by atoms with Crippen LogP contribution in [0.3, 0.4) is 0 Å². The summed E-state index contributed by atoms with van der Waals surface area (Å²) >= 11 is 6.13. The van der Waals surface area contributed by atoms with Gasteiger partial charge in [0.25, 0.3) is 20.0 Å². The van der Waals surface area contributed by atoms with Gasteiger partial charge in [-0.1, -0.05) is 23.7 Å². The number of ether oxygens (including phenoxy) is 1. The van der Waals surface area contributed by atoms with Gasteiger partial charge in [0.15, 0.2) is 0 Å². The fraction of sp³-hybridized carbons (Fsp3) is 0.182. The van der Waals surface area contributed by atoms with Gasteiger partial charge in [-0.2, -0.15) is 0 Å². The van der Waals surface area contributed by atoms with E-state index < -0.39 is 25.9 Å². The van der Waals surface area contributed by atoms with Crippen molar-refractivity contribution in [3.8, 4) is 0 Å². The monoisotopic (exact) mass is 525 g/mol. The van der Waals surface area contributed by atoms with E-state index >= 15 is 0 Å². The lowest BCUT2D eigenvalue weighted by molar-refractivity contribution is 0.122. The van der Waals surface area contributed by atoms with Crippen molar-refractivity contribution in [2.75, 3.05) is 40.6 Å². The predicted molar refractivity (Wildman–Crippen MR) is 129 cm³/mol. The number of nitrogens with one attached hydrogen (secondary N) is 2. The van der Waals surface area contributed by atoms with Crippen molar-refractivity contribution in [3.63, 3.8) is 0 Å². The minimum absolute atomic E-state index is 0.0286. The third kappa shape index (κ3) is 5.44. The second kappa shape index (κ2) is 9.79. The van der Waals surface area contributed by atoms with Crippen molar-refractivity contribution in [3.05, 3.63) is 77.6 Å². The second-order valence-electron chi connectivity index (χ2n) is 7.43. The molecule has 4 rings (SSSR count). The van der Waals surface area contributed by atoms with Crippen LogP contribution in [0, 0.1) is 5.82 Å². The van der Waals surface area contributed by atoms with Crippen LogP contribution in [0.25, 0.3) is 0 Å². The first-order valence-corrected chi connectivity index (χ1v) is 13.5. The van der Waals surface area contributed by atoms with Gasteiger partial charge in [-0.05, 0) is 54.6 Å². The number of benzene rings is 3. The molecule has 1 heterocycles. The summed E-state index contributed by atoms with van der Waals surface area (Å²) in [6, 6.07) is 14.9. The van der Waals surface area contributed by atoms with Gasteiger partial charge in [0.2, 0.25) is 0 Å². The van der Waals surface area contributed by atoms with E-state index in [0.717, 1.165) is 24.3 Å². The molecule has 2 N–H and O–H groups in total. The van der Waals surface area contributed by atoms with E-state index in [1.165, 1.54) is 24.3 Å². The van der Waals surface area contributed by atoms with Crippen LogP contribution >= 0.6 is 11.6 Å². The summed E-state index contributed by atoms with van der Waals surface area (Å²) in [6.45, 7) is 1.79. The van der Waals surface area contributed by atoms with E-state index in [-0.39, 0.29) is 26.2 Å². The molecule has 8 nitrogen and oxygen atoms in total. The third-order valence-corrected chi connectivity index (χ3v) is 8.22. The van der Waals surface area contributed by atoms with Crippen LogP contribution in [0.15, 0.2) is 76.5 Å². The third-order valence-electron chi connectivity index (χ3n) is 5.10. The SMILES string of the molecule is O=S(=O)(Nc1ccc(N2CCOCC2)c(S(=O)(=O)Nc2ccccc2Cl)c1)c1ccc(F)cc1. The molecule has 0 radical (unpaired) electrons. The maximum Gasteiger partial charge on any atom is 0.264 e. The van der Waals surface area contributed by atoms with Crippen molar-refractivity contribution in [2.45, 2.75) is 9.79 Å². The standard InChI is InChI=1S/C22H21ClFN3O5S2/c23-19-3-1-2-4-20(19)26-34(30,31)22-15-17(7-10-21(22)27-11-13-32-14-12-27)25-33(28,29)18-8-5-16(24)6-9-18/h1-10,15,25-26H,11-14H2. The molecule has 3 aromatic carbocycles. The van der Waals surface area contributed by atoms with Crippen LogP contribution in [-0.2, 0) is 24.8 Å². The second-order valence-corrected chi connectivity index (χ2v) is 11.2. The maximum absolute atomic E-state index is 13.4. The number of anilines is 3. The van der Waals surface area contributed by atoms with Crippen LogP contribution in [0.4, 0.5) is 21.5 Å². The number of sulfonamides is 2. The number of halogens is 2. The first-order valence-electron chi connectivity index (χ1n) is 10.2. The molecular formula is C22H21ClFN3O5S2. The van der Waals surface area contributed by atoms with E-state index in [1.807, 2.05) is 4.90 Å². The molecule has 12 heteroatoms. The Morgan fingerprint density at radius 3 is 2.21 bits per heavy atom. The fourth-order valence-corrected chi connectivity index (χ4v) is 6.05. The van der Waals surface area contributed by atoms with Gasteiger partial charge >= 0.3 is 0 Å². The molecular weight excluding hydrogens is 505 g/mol. The Bertz CT molecular complexity index is 1390. The molecule has 0 spiro atoms. The average molecular weight is 526 g/mol. The van der Waals surface area contributed by atoms with Crippen molar-refractivity contribution in [1.82, 2.24) is 0 Å². The summed E-state index contributed by atoms with van der Waals surface area (Å²) in [5.74, 6) is -0.576. The quantitative estimate of drug-likeness (QED) is 0.484. The number of rotatable bonds is 7. The fourth-order valence-electron chi connectivity index (χ4n) is 3.43. The molecule has 0 amide bonds. The van der Waals surface area contributed by atoms with Crippen LogP contribution in [0.2, 0.25) is 5.02 Å². The summed E-state index contributed by atoms with van der Waals surface area (Å²) in [5, 5.41) is 0.215. The Morgan fingerprint density at radius 2 is 1.53 bits per heavy atom. The van der Waals surface area contributed by atoms with Crippen molar-refractivity contribution >= 4 is 48.7 Å². The van der Waals surface area contributed by atoms with Crippen molar-refractivity contribution in [2.24, 2.45) is 0 Å². The van der Waals surface area contributed by atoms with E-state index in [2.05, 4.69) is 9.44 Å². The summed E-state index contributed by atoms with van der Waals surface area (Å²) in [6.07, 6.45) is 0. The molecule has 0 saturated carbocycles. The highest BCUT2D eigenvalue weighted by Crippen LogP contribution is 2.33. The normalized spacial score (nSPS) is 14.6. The Hall–Kier alpha value is -2.86. The first kappa shape index (κ1) is 24.3. The van der Waals surface area contributed by atoms with Gasteiger partial charge in [0.05, 0.1) is 40.2 Å². The average Bonchev–Trinajstić information content (AvgIpc) is 2.81. The Morgan fingerprint density at radius 1 is 0.853 bits per heavy atom. The van der Waals surface area contributed by atoms with Gasteiger partial charge in [0, 0.05) is 13.1 Å². The van der Waals surface area contributed by atoms with E-state index in [0.29, 0.717) is 32.0 Å². The van der Waals surface area contributed by atoms with Crippen LogP contribution in [0.1, 0.15) is 0 Å². The minimum Gasteiger partial charge on any atom is -0.378 e. The zero-order valence-corrected chi connectivity index (χ0v) is 20.1. The minimum atomic E-state index is -4.17. The molecule has 34 heavy (non-hydrogen) atoms. The summed E-state index contributed by atoms with van der Waals surface area (Å²) in [7, 11) is -8.25. The lowest BCUT2D eigenvalue weighted by Crippen LogP contribution is -2.37. The van der Waals surface area contributed by atoms with Gasteiger partial charge < -0.3 is 9.64 Å². The lowest BCUT2D eigenvalue weighted by atomic mass is 10.2. The van der Waals surface area contributed by atoms with Gasteiger partial charge in [-0.15, -0.1) is 0 Å². The number of para-hydroxylation sites is 1. The van der Waals surface area contributed by atoms with Crippen molar-refractivity contribution in [1.29, 1.82) is 0 Å². The summed E-state index contributed by atoms with van der Waals surface area (Å²) in [4.78, 5) is 1.56. The molecule has 0 bridgehead atoms. The number of hydrogen-bond acceptors (Lipinski definition) is 6. The van der Waals surface area contributed by atoms with Crippen LogP contribution < -0.4 is 14.3 Å². The molecule has 1 aliphatic rings. The molecule has 1 aliphatic heterocycles. The molecule has 0 aromatic heterocycles. The molecule has 1 saturated heterocycles. The lowest BCUT2D eigenvalue weighted by Gasteiger charge is -2.30. The number of hydrogen-bond donors (Lipinski definition) is 2. The van der Waals surface area contributed by atoms with E-state index in [9.17, 15) is 21.2 Å². The Balaban J connectivity index is 1.74. The molecule has 1 fully saturated rings. The highest BCUT2D eigenvalue weighted by molar-refractivity contribution is 7.93. The maximum atomic E-state index is 13.4. The number of morpholine rings is 1. The molecule has 3 aromatic rings. The predicted octanol–water partition coefficient (Wildman–Crippen LogP) is 3.92. The van der Waals surface area contributed by atoms with Gasteiger partial charge in [-0.25, -0.2) is 21.2 Å². The van der Waals surface area contributed by atoms with Crippen molar-refractivity contribution < 1.29 is 26.0 Å². The largest absolute Gasteiger partial charge is 0.378 e. The Labute approximate surface area is 202 Å². The molecule has 0 unspecified atom stereocenters. The molecule has 180 valence electrons. The highest BCUT2D eigenvalue weighted by atomic mass is 35.5. The topological polar surface area (TPSA) is 105 Å². The van der Waals surface area contributed by atoms with E-state index in [4.69, 9.17) is 16.3 Å². The van der Waals surface area contributed by atoms with Crippen LogP contribution in [0.5, 0.6) is 0 Å². The molecule has 0 aliphatic carbocycles. The summed E-state index contributed by atoms with van der Waals surface area (Å²) in [5.41, 5.74) is 0.614. The van der Waals surface area contributed by atoms with E-state index in [1.54, 1.807) is 18.2 Å². The Kier molecular flexibility index (Phi) is 6.99. The smallest absolute Gasteiger partial charge is 0.264 e. The first-order chi connectivity index (χ1) is 16.2. The number of nitrogens with zero attached hydrogens (tertiary/aromatic N) is 1. The highest BCUT2D eigenvalue weighted by Gasteiger charge is 2.26. The van der Waals surface area contributed by atoms with Gasteiger partial charge in [-0.3, -0.25) is 9.44 Å². The van der Waals surface area contributed by atoms with Crippen LogP contribution in [-0.4, -0.2) is 43.1 Å². The molecule has 0 atom stereocenters. The van der Waals surface area contributed by atoms with Gasteiger partial charge in [0.1, 0.15) is 10.7 Å². The zero-order valence-electron chi connectivity index (χ0n) is 17.7. The zero-order chi connectivity index (χ0) is 24.3. The summed E-state index contributed by atoms with van der Waals surface area (Å²) < 4.78 is 75.7.